The number of likely N-dealkylation sites (tertiary alicyclic amines) is 2. The van der Waals surface area contributed by atoms with E-state index in [0.29, 0.717) is 37.1 Å². The molecule has 0 spiro atoms. The summed E-state index contributed by atoms with van der Waals surface area (Å²) in [6.45, 7) is 3.06. The lowest BCUT2D eigenvalue weighted by Crippen LogP contribution is -2.32. The molecule has 1 aromatic heterocycles. The molecule has 2 atom stereocenters. The van der Waals surface area contributed by atoms with E-state index in [9.17, 15) is 22.4 Å². The maximum absolute atomic E-state index is 13.6. The lowest BCUT2D eigenvalue weighted by atomic mass is 10.0. The number of hydrogen-bond donors (Lipinski definition) is 1. The van der Waals surface area contributed by atoms with Crippen molar-refractivity contribution >= 4 is 16.9 Å². The lowest BCUT2D eigenvalue weighted by Gasteiger charge is -2.18. The van der Waals surface area contributed by atoms with E-state index >= 15 is 0 Å². The third-order valence-electron chi connectivity index (χ3n) is 5.03. The fraction of sp³-hybridized carbons (Fsp3) is 0.500. The summed E-state index contributed by atoms with van der Waals surface area (Å²) in [5, 5.41) is 0. The maximum Gasteiger partial charge on any atom is 0.419 e. The molecule has 2 aliphatic heterocycles. The second kappa shape index (κ2) is 5.42. The van der Waals surface area contributed by atoms with Crippen LogP contribution in [0.4, 0.5) is 17.6 Å². The van der Waals surface area contributed by atoms with Gasteiger partial charge in [0.2, 0.25) is 0 Å². The molecule has 2 saturated heterocycles. The first kappa shape index (κ1) is 16.3. The summed E-state index contributed by atoms with van der Waals surface area (Å²) in [6.07, 6.45) is -4.80. The highest BCUT2D eigenvalue weighted by Crippen LogP contribution is 2.34. The Labute approximate surface area is 140 Å². The third kappa shape index (κ3) is 2.76. The van der Waals surface area contributed by atoms with Gasteiger partial charge in [-0.3, -0.25) is 4.79 Å². The molecule has 0 bridgehead atoms. The monoisotopic (exact) mass is 356 g/mol. The Morgan fingerprint density at radius 3 is 2.44 bits per heavy atom. The molecule has 5 nitrogen and oxygen atoms in total. The van der Waals surface area contributed by atoms with Crippen molar-refractivity contribution in [3.05, 3.63) is 29.3 Å². The van der Waals surface area contributed by atoms with E-state index in [0.717, 1.165) is 13.1 Å². The number of fused-ring (bicyclic) bond motifs is 2. The minimum Gasteiger partial charge on any atom is -0.335 e. The van der Waals surface area contributed by atoms with Crippen LogP contribution in [0.2, 0.25) is 0 Å². The van der Waals surface area contributed by atoms with Crippen LogP contribution >= 0.6 is 0 Å². The fourth-order valence-electron chi connectivity index (χ4n) is 3.89. The first-order valence-corrected chi connectivity index (χ1v) is 7.96. The van der Waals surface area contributed by atoms with Crippen LogP contribution in [-0.4, -0.2) is 58.9 Å². The SMILES string of the molecule is CN1CC2CN(C(=O)c3nc4cc(F)c(C(F)(F)F)cc4[nH]3)C[C@H]2C1. The highest BCUT2D eigenvalue weighted by atomic mass is 19.4. The molecular weight excluding hydrogens is 340 g/mol. The van der Waals surface area contributed by atoms with E-state index < -0.39 is 17.6 Å². The third-order valence-corrected chi connectivity index (χ3v) is 5.03. The summed E-state index contributed by atoms with van der Waals surface area (Å²) in [5.74, 6) is -0.992. The lowest BCUT2D eigenvalue weighted by molar-refractivity contribution is -0.139. The van der Waals surface area contributed by atoms with Crippen molar-refractivity contribution in [3.63, 3.8) is 0 Å². The van der Waals surface area contributed by atoms with E-state index in [1.807, 2.05) is 7.05 Å². The number of nitrogens with zero attached hydrogens (tertiary/aromatic N) is 3. The van der Waals surface area contributed by atoms with Crippen LogP contribution < -0.4 is 0 Å². The predicted octanol–water partition coefficient (Wildman–Crippen LogP) is 2.35. The van der Waals surface area contributed by atoms with Gasteiger partial charge >= 0.3 is 6.18 Å². The van der Waals surface area contributed by atoms with Crippen LogP contribution in [0.25, 0.3) is 11.0 Å². The molecule has 0 aliphatic carbocycles. The Balaban J connectivity index is 1.61. The van der Waals surface area contributed by atoms with Crippen LogP contribution in [0.5, 0.6) is 0 Å². The van der Waals surface area contributed by atoms with Crippen molar-refractivity contribution in [1.29, 1.82) is 0 Å². The number of H-pyrrole nitrogens is 1. The zero-order valence-electron chi connectivity index (χ0n) is 13.4. The first-order chi connectivity index (χ1) is 11.7. The molecule has 2 aliphatic rings. The van der Waals surface area contributed by atoms with Gasteiger partial charge < -0.3 is 14.8 Å². The molecule has 3 heterocycles. The van der Waals surface area contributed by atoms with Gasteiger partial charge in [0.1, 0.15) is 5.82 Å². The zero-order chi connectivity index (χ0) is 17.9. The van der Waals surface area contributed by atoms with E-state index in [4.69, 9.17) is 0 Å². The minimum absolute atomic E-state index is 0.00352. The van der Waals surface area contributed by atoms with Gasteiger partial charge in [-0.1, -0.05) is 0 Å². The van der Waals surface area contributed by atoms with E-state index in [-0.39, 0.29) is 22.8 Å². The van der Waals surface area contributed by atoms with E-state index in [1.54, 1.807) is 4.90 Å². The molecule has 1 amide bonds. The second-order valence-electron chi connectivity index (χ2n) is 6.88. The number of aromatic amines is 1. The summed E-state index contributed by atoms with van der Waals surface area (Å²) in [7, 11) is 2.04. The van der Waals surface area contributed by atoms with Gasteiger partial charge in [0.15, 0.2) is 5.82 Å². The highest BCUT2D eigenvalue weighted by Gasteiger charge is 2.41. The topological polar surface area (TPSA) is 52.2 Å². The van der Waals surface area contributed by atoms with Gasteiger partial charge in [-0.25, -0.2) is 9.37 Å². The molecule has 0 radical (unpaired) electrons. The summed E-state index contributed by atoms with van der Waals surface area (Å²) in [6, 6.07) is 1.36. The van der Waals surface area contributed by atoms with Crippen LogP contribution in [0, 0.1) is 17.7 Å². The zero-order valence-corrected chi connectivity index (χ0v) is 13.4. The number of alkyl halides is 3. The van der Waals surface area contributed by atoms with Crippen molar-refractivity contribution in [3.8, 4) is 0 Å². The highest BCUT2D eigenvalue weighted by molar-refractivity contribution is 5.94. The molecule has 2 aromatic rings. The standard InChI is InChI=1S/C16H16F4N4O/c1-23-4-8-6-24(7-9(8)5-23)15(25)14-21-12-2-10(16(18,19)20)11(17)3-13(12)22-14/h2-3,8-9H,4-7H2,1H3,(H,21,22)/t8-,9?/m1/s1. The average molecular weight is 356 g/mol. The number of hydrogen-bond acceptors (Lipinski definition) is 3. The molecule has 134 valence electrons. The Bertz CT molecular complexity index is 833. The number of aromatic nitrogens is 2. The Hall–Kier alpha value is -2.16. The number of benzene rings is 1. The van der Waals surface area contributed by atoms with Gasteiger partial charge in [-0.2, -0.15) is 13.2 Å². The second-order valence-corrected chi connectivity index (χ2v) is 6.88. The van der Waals surface area contributed by atoms with Crippen LogP contribution in [-0.2, 0) is 6.18 Å². The number of carbonyl (C=O) groups is 1. The van der Waals surface area contributed by atoms with Crippen molar-refractivity contribution in [2.24, 2.45) is 11.8 Å². The van der Waals surface area contributed by atoms with Gasteiger partial charge in [0, 0.05) is 32.2 Å². The number of nitrogens with one attached hydrogen (secondary N) is 1. The Kier molecular flexibility index (Phi) is 3.54. The van der Waals surface area contributed by atoms with Gasteiger partial charge in [-0.05, 0) is 24.9 Å². The molecule has 1 aromatic carbocycles. The molecule has 4 rings (SSSR count). The summed E-state index contributed by atoms with van der Waals surface area (Å²) in [5.41, 5.74) is -1.37. The Morgan fingerprint density at radius 2 is 1.84 bits per heavy atom. The van der Waals surface area contributed by atoms with Crippen molar-refractivity contribution < 1.29 is 22.4 Å². The fourth-order valence-corrected chi connectivity index (χ4v) is 3.89. The summed E-state index contributed by atoms with van der Waals surface area (Å²) >= 11 is 0. The first-order valence-electron chi connectivity index (χ1n) is 7.96. The van der Waals surface area contributed by atoms with Crippen molar-refractivity contribution in [2.45, 2.75) is 6.18 Å². The quantitative estimate of drug-likeness (QED) is 0.798. The molecular formula is C16H16F4N4O. The van der Waals surface area contributed by atoms with Gasteiger partial charge in [0.05, 0.1) is 16.6 Å². The van der Waals surface area contributed by atoms with E-state index in [2.05, 4.69) is 14.9 Å². The molecule has 25 heavy (non-hydrogen) atoms. The average Bonchev–Trinajstić information content (AvgIpc) is 3.16. The van der Waals surface area contributed by atoms with Crippen LogP contribution in [0.3, 0.4) is 0 Å². The number of carbonyl (C=O) groups excluding carboxylic acids is 1. The molecule has 1 unspecified atom stereocenters. The Morgan fingerprint density at radius 1 is 1.20 bits per heavy atom. The minimum atomic E-state index is -4.80. The van der Waals surface area contributed by atoms with Crippen molar-refractivity contribution in [1.82, 2.24) is 19.8 Å². The number of halogens is 4. The summed E-state index contributed by atoms with van der Waals surface area (Å²) < 4.78 is 52.0. The predicted molar refractivity (Wildman–Crippen MR) is 81.4 cm³/mol. The van der Waals surface area contributed by atoms with Gasteiger partial charge in [-0.15, -0.1) is 0 Å². The largest absolute Gasteiger partial charge is 0.419 e. The maximum atomic E-state index is 13.6. The number of imidazole rings is 1. The van der Waals surface area contributed by atoms with Gasteiger partial charge in [0.25, 0.3) is 5.91 Å². The number of rotatable bonds is 1. The van der Waals surface area contributed by atoms with Crippen molar-refractivity contribution in [2.75, 3.05) is 33.2 Å². The smallest absolute Gasteiger partial charge is 0.335 e. The van der Waals surface area contributed by atoms with E-state index in [1.165, 1.54) is 0 Å². The molecule has 0 saturated carbocycles. The summed E-state index contributed by atoms with van der Waals surface area (Å²) in [4.78, 5) is 23.1. The number of amides is 1. The van der Waals surface area contributed by atoms with Crippen LogP contribution in [0.1, 0.15) is 16.2 Å². The molecule has 1 N–H and O–H groups in total. The normalized spacial score (nSPS) is 24.3. The van der Waals surface area contributed by atoms with Crippen LogP contribution in [0.15, 0.2) is 12.1 Å². The molecule has 9 heteroatoms. The molecule has 2 fully saturated rings.